The first-order chi connectivity index (χ1) is 15.3. The predicted octanol–water partition coefficient (Wildman–Crippen LogP) is -1.10. The molecule has 0 heterocycles. The van der Waals surface area contributed by atoms with Crippen LogP contribution in [0, 0.1) is 5.92 Å². The molecule has 33 heavy (non-hydrogen) atoms. The van der Waals surface area contributed by atoms with E-state index in [2.05, 4.69) is 16.0 Å². The van der Waals surface area contributed by atoms with Crippen molar-refractivity contribution in [1.82, 2.24) is 16.0 Å². The molecular weight excluding hydrogens is 456 g/mol. The van der Waals surface area contributed by atoms with Gasteiger partial charge in [0.2, 0.25) is 17.7 Å². The van der Waals surface area contributed by atoms with Gasteiger partial charge >= 0.3 is 11.9 Å². The molecule has 5 unspecified atom stereocenters. The summed E-state index contributed by atoms with van der Waals surface area (Å²) < 4.78 is 0. The Kier molecular flexibility index (Phi) is 14.3. The summed E-state index contributed by atoms with van der Waals surface area (Å²) in [6, 6.07) is -4.91. The first-order valence-electron chi connectivity index (χ1n) is 10.6. The van der Waals surface area contributed by atoms with E-state index >= 15 is 0 Å². The van der Waals surface area contributed by atoms with Gasteiger partial charge in [-0.25, -0.2) is 4.79 Å². The zero-order chi connectivity index (χ0) is 25.7. The van der Waals surface area contributed by atoms with Gasteiger partial charge in [-0.05, 0) is 44.1 Å². The monoisotopic (exact) mass is 492 g/mol. The van der Waals surface area contributed by atoms with Gasteiger partial charge in [0.1, 0.15) is 12.1 Å². The van der Waals surface area contributed by atoms with Crippen molar-refractivity contribution >= 4 is 41.4 Å². The molecule has 0 saturated carbocycles. The van der Waals surface area contributed by atoms with Gasteiger partial charge in [-0.2, -0.15) is 11.8 Å². The highest BCUT2D eigenvalue weighted by Crippen LogP contribution is 2.09. The van der Waals surface area contributed by atoms with Crippen LogP contribution in [0.3, 0.4) is 0 Å². The van der Waals surface area contributed by atoms with Gasteiger partial charge in [0.25, 0.3) is 0 Å². The Hall–Kier alpha value is -2.38. The van der Waals surface area contributed by atoms with E-state index in [1.54, 1.807) is 13.8 Å². The highest BCUT2D eigenvalue weighted by atomic mass is 32.2. The molecule has 13 heteroatoms. The Bertz CT molecular complexity index is 689. The fraction of sp³-hybridized carbons (Fsp3) is 0.750. The number of aliphatic carboxylic acids is 2. The fourth-order valence-electron chi connectivity index (χ4n) is 2.81. The summed E-state index contributed by atoms with van der Waals surface area (Å²) in [7, 11) is 0. The molecular formula is C20H36N4O8S. The maximum Gasteiger partial charge on any atom is 0.328 e. The Balaban J connectivity index is 5.51. The minimum atomic E-state index is -1.58. The maximum absolute atomic E-state index is 12.9. The minimum absolute atomic E-state index is 0.0806. The second kappa shape index (κ2) is 15.5. The summed E-state index contributed by atoms with van der Waals surface area (Å²) in [5.74, 6) is -4.34. The van der Waals surface area contributed by atoms with Crippen LogP contribution in [0.2, 0.25) is 0 Å². The fourth-order valence-corrected chi connectivity index (χ4v) is 3.30. The molecule has 0 bridgehead atoms. The quantitative estimate of drug-likeness (QED) is 0.138. The molecule has 0 aliphatic carbocycles. The van der Waals surface area contributed by atoms with E-state index in [-0.39, 0.29) is 18.8 Å². The van der Waals surface area contributed by atoms with E-state index < -0.39 is 66.4 Å². The molecule has 0 spiro atoms. The number of carbonyl (C=O) groups is 5. The number of amides is 3. The highest BCUT2D eigenvalue weighted by molar-refractivity contribution is 7.98. The molecule has 0 rings (SSSR count). The van der Waals surface area contributed by atoms with Gasteiger partial charge in [-0.1, -0.05) is 13.8 Å². The number of aliphatic hydroxyl groups excluding tert-OH is 1. The lowest BCUT2D eigenvalue weighted by molar-refractivity contribution is -0.145. The topological polar surface area (TPSA) is 208 Å². The summed E-state index contributed by atoms with van der Waals surface area (Å²) in [5.41, 5.74) is 5.82. The third-order valence-electron chi connectivity index (χ3n) is 4.64. The number of nitrogens with two attached hydrogens (primary N) is 1. The van der Waals surface area contributed by atoms with Crippen molar-refractivity contribution in [3.05, 3.63) is 0 Å². The minimum Gasteiger partial charge on any atom is -0.481 e. The van der Waals surface area contributed by atoms with Gasteiger partial charge in [0, 0.05) is 6.42 Å². The summed E-state index contributed by atoms with van der Waals surface area (Å²) in [5, 5.41) is 34.9. The summed E-state index contributed by atoms with van der Waals surface area (Å²) in [6.45, 7) is 4.77. The van der Waals surface area contributed by atoms with Crippen LogP contribution in [0.4, 0.5) is 0 Å². The lowest BCUT2D eigenvalue weighted by atomic mass is 10.0. The number of hydrogen-bond acceptors (Lipinski definition) is 8. The highest BCUT2D eigenvalue weighted by Gasteiger charge is 2.32. The molecule has 0 aliphatic heterocycles. The number of carboxylic acid groups (broad SMARTS) is 2. The normalized spacial score (nSPS) is 15.6. The SMILES string of the molecule is CSCCC(N)C(=O)NC(CCC(=O)O)C(=O)NC(CC(C)C)C(=O)NC(C(=O)O)C(C)O. The molecule has 0 aromatic heterocycles. The van der Waals surface area contributed by atoms with Gasteiger partial charge in [-0.3, -0.25) is 19.2 Å². The third-order valence-corrected chi connectivity index (χ3v) is 5.28. The smallest absolute Gasteiger partial charge is 0.328 e. The Morgan fingerprint density at radius 3 is 1.88 bits per heavy atom. The summed E-state index contributed by atoms with van der Waals surface area (Å²) in [4.78, 5) is 60.2. The van der Waals surface area contributed by atoms with E-state index in [4.69, 9.17) is 10.8 Å². The number of hydrogen-bond donors (Lipinski definition) is 7. The van der Waals surface area contributed by atoms with Crippen molar-refractivity contribution in [3.8, 4) is 0 Å². The van der Waals surface area contributed by atoms with Crippen LogP contribution in [-0.2, 0) is 24.0 Å². The first kappa shape index (κ1) is 30.6. The number of carboxylic acids is 2. The van der Waals surface area contributed by atoms with Crippen LogP contribution in [0.15, 0.2) is 0 Å². The van der Waals surface area contributed by atoms with E-state index in [1.165, 1.54) is 18.7 Å². The molecule has 8 N–H and O–H groups in total. The zero-order valence-electron chi connectivity index (χ0n) is 19.4. The molecule has 0 fully saturated rings. The molecule has 0 aromatic rings. The largest absolute Gasteiger partial charge is 0.481 e. The molecule has 0 aromatic carbocycles. The molecule has 0 radical (unpaired) electrons. The Labute approximate surface area is 197 Å². The van der Waals surface area contributed by atoms with Crippen molar-refractivity contribution in [2.45, 2.75) is 76.7 Å². The molecule has 5 atom stereocenters. The van der Waals surface area contributed by atoms with Crippen molar-refractivity contribution in [1.29, 1.82) is 0 Å². The molecule has 12 nitrogen and oxygen atoms in total. The van der Waals surface area contributed by atoms with Crippen LogP contribution in [-0.4, -0.2) is 87.3 Å². The van der Waals surface area contributed by atoms with E-state index in [0.717, 1.165) is 0 Å². The first-order valence-corrected chi connectivity index (χ1v) is 12.0. The molecule has 190 valence electrons. The standard InChI is InChI=1S/C20H36N4O8S/c1-10(2)9-14(19(30)24-16(11(3)25)20(31)32)23-18(29)13(5-6-15(26)27)22-17(28)12(21)7-8-33-4/h10-14,16,25H,5-9,21H2,1-4H3,(H,22,28)(H,23,29)(H,24,30)(H,26,27)(H,31,32). The number of rotatable bonds is 16. The van der Waals surface area contributed by atoms with Crippen LogP contribution < -0.4 is 21.7 Å². The number of thioether (sulfide) groups is 1. The number of aliphatic hydroxyl groups is 1. The van der Waals surface area contributed by atoms with Crippen LogP contribution >= 0.6 is 11.8 Å². The lowest BCUT2D eigenvalue weighted by Gasteiger charge is -2.26. The van der Waals surface area contributed by atoms with E-state index in [1.807, 2.05) is 6.26 Å². The van der Waals surface area contributed by atoms with Crippen LogP contribution in [0.25, 0.3) is 0 Å². The second-order valence-corrected chi connectivity index (χ2v) is 9.12. The Morgan fingerprint density at radius 2 is 1.42 bits per heavy atom. The zero-order valence-corrected chi connectivity index (χ0v) is 20.2. The van der Waals surface area contributed by atoms with Crippen molar-refractivity contribution in [2.75, 3.05) is 12.0 Å². The average molecular weight is 493 g/mol. The van der Waals surface area contributed by atoms with Gasteiger partial charge in [0.05, 0.1) is 12.1 Å². The Morgan fingerprint density at radius 1 is 0.879 bits per heavy atom. The van der Waals surface area contributed by atoms with E-state index in [0.29, 0.717) is 12.2 Å². The van der Waals surface area contributed by atoms with Gasteiger partial charge < -0.3 is 37.0 Å². The lowest BCUT2D eigenvalue weighted by Crippen LogP contribution is -2.58. The summed E-state index contributed by atoms with van der Waals surface area (Å²) in [6.07, 6.45) is 0.310. The number of carbonyl (C=O) groups excluding carboxylic acids is 3. The van der Waals surface area contributed by atoms with Crippen LogP contribution in [0.5, 0.6) is 0 Å². The molecule has 0 aliphatic rings. The molecule has 0 saturated heterocycles. The van der Waals surface area contributed by atoms with Crippen molar-refractivity contribution in [3.63, 3.8) is 0 Å². The second-order valence-electron chi connectivity index (χ2n) is 8.14. The van der Waals surface area contributed by atoms with Crippen molar-refractivity contribution < 1.29 is 39.3 Å². The number of nitrogens with one attached hydrogen (secondary N) is 3. The van der Waals surface area contributed by atoms with Gasteiger partial charge in [0.15, 0.2) is 6.04 Å². The van der Waals surface area contributed by atoms with Gasteiger partial charge in [-0.15, -0.1) is 0 Å². The predicted molar refractivity (Wildman–Crippen MR) is 122 cm³/mol. The average Bonchev–Trinajstić information content (AvgIpc) is 2.70. The third kappa shape index (κ3) is 12.4. The molecule has 3 amide bonds. The summed E-state index contributed by atoms with van der Waals surface area (Å²) >= 11 is 1.49. The van der Waals surface area contributed by atoms with E-state index in [9.17, 15) is 34.2 Å². The maximum atomic E-state index is 12.9. The van der Waals surface area contributed by atoms with Crippen molar-refractivity contribution in [2.24, 2.45) is 11.7 Å². The van der Waals surface area contributed by atoms with Crippen LogP contribution in [0.1, 0.15) is 46.5 Å².